The van der Waals surface area contributed by atoms with Crippen LogP contribution >= 0.6 is 0 Å². The van der Waals surface area contributed by atoms with Crippen LogP contribution in [0, 0.1) is 0 Å². The third-order valence-electron chi connectivity index (χ3n) is 2.62. The van der Waals surface area contributed by atoms with Gasteiger partial charge in [-0.15, -0.1) is 0 Å². The van der Waals surface area contributed by atoms with Crippen molar-refractivity contribution in [2.75, 3.05) is 26.9 Å². The summed E-state index contributed by atoms with van der Waals surface area (Å²) in [6, 6.07) is 6.27. The molecule has 0 spiro atoms. The van der Waals surface area contributed by atoms with E-state index in [1.54, 1.807) is 18.2 Å². The van der Waals surface area contributed by atoms with Crippen molar-refractivity contribution < 1.29 is 29.2 Å². The number of hydrogen-bond donors (Lipinski definition) is 3. The van der Waals surface area contributed by atoms with E-state index >= 15 is 0 Å². The highest BCUT2D eigenvalue weighted by atomic mass is 16.5. The van der Waals surface area contributed by atoms with E-state index in [1.165, 1.54) is 7.11 Å². The highest BCUT2D eigenvalue weighted by Crippen LogP contribution is 2.14. The Balaban J connectivity index is 2.40. The molecular formula is C14H21NO6. The first-order valence-corrected chi connectivity index (χ1v) is 6.48. The normalized spacial score (nSPS) is 13.5. The minimum Gasteiger partial charge on any atom is -0.491 e. The van der Waals surface area contributed by atoms with Crippen LogP contribution in [0.15, 0.2) is 24.3 Å². The number of aliphatic hydroxyl groups excluding tert-OH is 2. The first-order valence-electron chi connectivity index (χ1n) is 6.48. The van der Waals surface area contributed by atoms with E-state index in [9.17, 15) is 9.90 Å². The molecule has 118 valence electrons. The number of ether oxygens (including phenoxy) is 3. The van der Waals surface area contributed by atoms with Gasteiger partial charge in [-0.2, -0.15) is 0 Å². The molecule has 0 radical (unpaired) electrons. The predicted molar refractivity (Wildman–Crippen MR) is 74.7 cm³/mol. The lowest BCUT2D eigenvalue weighted by Gasteiger charge is -2.12. The molecule has 1 rings (SSSR count). The molecule has 0 fully saturated rings. The Morgan fingerprint density at radius 2 is 2.14 bits per heavy atom. The average molecular weight is 299 g/mol. The molecule has 21 heavy (non-hydrogen) atoms. The first-order chi connectivity index (χ1) is 10.1. The lowest BCUT2D eigenvalue weighted by atomic mass is 10.2. The summed E-state index contributed by atoms with van der Waals surface area (Å²) in [6.07, 6.45) is -0.914. The van der Waals surface area contributed by atoms with Gasteiger partial charge in [0, 0.05) is 0 Å². The number of carbonyl (C=O) groups is 1. The van der Waals surface area contributed by atoms with Crippen molar-refractivity contribution in [2.24, 2.45) is 5.73 Å². The minimum atomic E-state index is -0.914. The fourth-order valence-electron chi connectivity index (χ4n) is 1.49. The second-order valence-corrected chi connectivity index (χ2v) is 4.44. The second kappa shape index (κ2) is 9.30. The molecule has 0 amide bonds. The third kappa shape index (κ3) is 6.54. The Morgan fingerprint density at radius 3 is 2.81 bits per heavy atom. The molecule has 0 aliphatic rings. The van der Waals surface area contributed by atoms with Crippen LogP contribution in [0.5, 0.6) is 5.75 Å². The molecule has 0 aliphatic heterocycles. The van der Waals surface area contributed by atoms with Crippen molar-refractivity contribution in [3.05, 3.63) is 29.8 Å². The number of hydrogen-bond acceptors (Lipinski definition) is 7. The molecule has 2 atom stereocenters. The summed E-state index contributed by atoms with van der Waals surface area (Å²) in [5.41, 5.74) is 6.38. The lowest BCUT2D eigenvalue weighted by molar-refractivity contribution is -0.143. The molecule has 0 aromatic heterocycles. The highest BCUT2D eigenvalue weighted by molar-refractivity contribution is 5.75. The van der Waals surface area contributed by atoms with Gasteiger partial charge in [-0.05, 0) is 17.7 Å². The van der Waals surface area contributed by atoms with Crippen LogP contribution < -0.4 is 10.5 Å². The van der Waals surface area contributed by atoms with Gasteiger partial charge in [0.15, 0.2) is 0 Å². The van der Waals surface area contributed by atoms with Gasteiger partial charge < -0.3 is 30.2 Å². The number of esters is 1. The summed E-state index contributed by atoms with van der Waals surface area (Å²) in [5.74, 6) is 0.0333. The summed E-state index contributed by atoms with van der Waals surface area (Å²) < 4.78 is 15.1. The van der Waals surface area contributed by atoms with E-state index in [4.69, 9.17) is 20.3 Å². The van der Waals surface area contributed by atoms with E-state index in [0.29, 0.717) is 5.75 Å². The summed E-state index contributed by atoms with van der Waals surface area (Å²) >= 11 is 0. The van der Waals surface area contributed by atoms with E-state index in [1.807, 2.05) is 6.07 Å². The Kier molecular flexibility index (Phi) is 7.70. The smallest absolute Gasteiger partial charge is 0.325 e. The number of nitrogens with two attached hydrogens (primary N) is 1. The maximum Gasteiger partial charge on any atom is 0.325 e. The first kappa shape index (κ1) is 17.4. The fourth-order valence-corrected chi connectivity index (χ4v) is 1.49. The van der Waals surface area contributed by atoms with Crippen molar-refractivity contribution in [1.29, 1.82) is 0 Å². The SMILES string of the molecule is COC(=O)C(N)COCc1cccc(OCC(O)CO)c1. The zero-order valence-electron chi connectivity index (χ0n) is 11.9. The van der Waals surface area contributed by atoms with Crippen LogP contribution in [0.2, 0.25) is 0 Å². The van der Waals surface area contributed by atoms with Gasteiger partial charge in [0.2, 0.25) is 0 Å². The van der Waals surface area contributed by atoms with Crippen LogP contribution in [-0.4, -0.2) is 55.3 Å². The van der Waals surface area contributed by atoms with E-state index in [-0.39, 0.29) is 26.4 Å². The van der Waals surface area contributed by atoms with Crippen molar-refractivity contribution in [3.8, 4) is 5.75 Å². The van der Waals surface area contributed by atoms with Crippen molar-refractivity contribution >= 4 is 5.97 Å². The molecule has 1 aromatic carbocycles. The molecule has 0 saturated carbocycles. The zero-order chi connectivity index (χ0) is 15.7. The Morgan fingerprint density at radius 1 is 1.38 bits per heavy atom. The zero-order valence-corrected chi connectivity index (χ0v) is 11.9. The largest absolute Gasteiger partial charge is 0.491 e. The second-order valence-electron chi connectivity index (χ2n) is 4.44. The van der Waals surface area contributed by atoms with E-state index in [0.717, 1.165) is 5.56 Å². The Hall–Kier alpha value is -1.67. The molecule has 0 heterocycles. The molecule has 0 saturated heterocycles. The van der Waals surface area contributed by atoms with Gasteiger partial charge in [0.25, 0.3) is 0 Å². The summed E-state index contributed by atoms with van der Waals surface area (Å²) in [5, 5.41) is 17.9. The van der Waals surface area contributed by atoms with Crippen LogP contribution in [0.3, 0.4) is 0 Å². The summed E-state index contributed by atoms with van der Waals surface area (Å²) in [7, 11) is 1.27. The number of rotatable bonds is 9. The molecular weight excluding hydrogens is 278 g/mol. The van der Waals surface area contributed by atoms with Crippen molar-refractivity contribution in [3.63, 3.8) is 0 Å². The monoisotopic (exact) mass is 299 g/mol. The van der Waals surface area contributed by atoms with Crippen molar-refractivity contribution in [2.45, 2.75) is 18.8 Å². The van der Waals surface area contributed by atoms with E-state index < -0.39 is 18.1 Å². The van der Waals surface area contributed by atoms with Gasteiger partial charge >= 0.3 is 5.97 Å². The number of methoxy groups -OCH3 is 1. The fraction of sp³-hybridized carbons (Fsp3) is 0.500. The van der Waals surface area contributed by atoms with Crippen LogP contribution in [-0.2, 0) is 20.9 Å². The number of aliphatic hydroxyl groups is 2. The maximum absolute atomic E-state index is 11.1. The molecule has 0 aliphatic carbocycles. The molecule has 7 nitrogen and oxygen atoms in total. The van der Waals surface area contributed by atoms with Gasteiger partial charge in [-0.25, -0.2) is 0 Å². The lowest BCUT2D eigenvalue weighted by Crippen LogP contribution is -2.36. The quantitative estimate of drug-likeness (QED) is 0.524. The van der Waals surface area contributed by atoms with Gasteiger partial charge in [0.05, 0.1) is 26.9 Å². The van der Waals surface area contributed by atoms with Crippen LogP contribution in [0.4, 0.5) is 0 Å². The molecule has 0 bridgehead atoms. The van der Waals surface area contributed by atoms with E-state index in [2.05, 4.69) is 4.74 Å². The van der Waals surface area contributed by atoms with Crippen LogP contribution in [0.1, 0.15) is 5.56 Å². The predicted octanol–water partition coefficient (Wildman–Crippen LogP) is -0.564. The van der Waals surface area contributed by atoms with Gasteiger partial charge in [-0.3, -0.25) is 4.79 Å². The number of benzene rings is 1. The summed E-state index contributed by atoms with van der Waals surface area (Å²) in [4.78, 5) is 11.1. The summed E-state index contributed by atoms with van der Waals surface area (Å²) in [6.45, 7) is -0.0202. The Bertz CT molecular complexity index is 439. The highest BCUT2D eigenvalue weighted by Gasteiger charge is 2.13. The molecule has 4 N–H and O–H groups in total. The third-order valence-corrected chi connectivity index (χ3v) is 2.62. The van der Waals surface area contributed by atoms with Crippen LogP contribution in [0.25, 0.3) is 0 Å². The minimum absolute atomic E-state index is 0.00796. The Labute approximate surface area is 123 Å². The van der Waals surface area contributed by atoms with Crippen molar-refractivity contribution in [1.82, 2.24) is 0 Å². The topological polar surface area (TPSA) is 111 Å². The number of carbonyl (C=O) groups excluding carboxylic acids is 1. The van der Waals surface area contributed by atoms with Gasteiger partial charge in [-0.1, -0.05) is 12.1 Å². The standard InChI is InChI=1S/C14H21NO6/c1-19-14(18)13(15)9-20-7-10-3-2-4-12(5-10)21-8-11(17)6-16/h2-5,11,13,16-17H,6-9,15H2,1H3. The maximum atomic E-state index is 11.1. The molecule has 2 unspecified atom stereocenters. The van der Waals surface area contributed by atoms with Gasteiger partial charge in [0.1, 0.15) is 24.5 Å². The molecule has 1 aromatic rings. The molecule has 7 heteroatoms. The average Bonchev–Trinajstić information content (AvgIpc) is 2.52.